The summed E-state index contributed by atoms with van der Waals surface area (Å²) < 4.78 is 1.11. The van der Waals surface area contributed by atoms with Crippen molar-refractivity contribution in [3.63, 3.8) is 0 Å². The summed E-state index contributed by atoms with van der Waals surface area (Å²) in [7, 11) is 0. The van der Waals surface area contributed by atoms with Gasteiger partial charge in [-0.2, -0.15) is 0 Å². The topological polar surface area (TPSA) is 25.8 Å². The van der Waals surface area contributed by atoms with Crippen molar-refractivity contribution < 1.29 is 0 Å². The largest absolute Gasteiger partial charge is 0.228 e. The molecule has 0 saturated carbocycles. The van der Waals surface area contributed by atoms with Crippen molar-refractivity contribution in [3.8, 4) is 11.4 Å². The van der Waals surface area contributed by atoms with Crippen molar-refractivity contribution in [2.24, 2.45) is 0 Å². The molecule has 0 fully saturated rings. The molecule has 0 N–H and O–H groups in total. The first-order valence-corrected chi connectivity index (χ1v) is 7.77. The van der Waals surface area contributed by atoms with Gasteiger partial charge in [-0.3, -0.25) is 0 Å². The van der Waals surface area contributed by atoms with Crippen LogP contribution in [0.2, 0.25) is 10.2 Å². The summed E-state index contributed by atoms with van der Waals surface area (Å²) in [6, 6.07) is 11.6. The molecular formula is C15H9Cl2IN2. The average Bonchev–Trinajstić information content (AvgIpc) is 2.39. The molecular weight excluding hydrogens is 406 g/mol. The van der Waals surface area contributed by atoms with Gasteiger partial charge < -0.3 is 0 Å². The van der Waals surface area contributed by atoms with Crippen molar-refractivity contribution in [3.05, 3.63) is 55.7 Å². The number of aryl methyl sites for hydroxylation is 1. The lowest BCUT2D eigenvalue weighted by Crippen LogP contribution is -1.94. The minimum Gasteiger partial charge on any atom is -0.228 e. The zero-order valence-corrected chi connectivity index (χ0v) is 14.2. The van der Waals surface area contributed by atoms with E-state index in [1.165, 1.54) is 0 Å². The van der Waals surface area contributed by atoms with Gasteiger partial charge in [0.25, 0.3) is 0 Å². The molecule has 0 saturated heterocycles. The molecule has 3 aromatic rings. The number of hydrogen-bond donors (Lipinski definition) is 0. The third-order valence-corrected chi connectivity index (χ3v) is 4.23. The summed E-state index contributed by atoms with van der Waals surface area (Å²) in [5.41, 5.74) is 2.81. The second kappa shape index (κ2) is 5.47. The van der Waals surface area contributed by atoms with Gasteiger partial charge in [-0.05, 0) is 71.5 Å². The van der Waals surface area contributed by atoms with E-state index >= 15 is 0 Å². The third kappa shape index (κ3) is 2.62. The maximum Gasteiger partial charge on any atom is 0.161 e. The van der Waals surface area contributed by atoms with Crippen molar-refractivity contribution in [2.75, 3.05) is 0 Å². The second-order valence-corrected chi connectivity index (χ2v) is 6.50. The fourth-order valence-corrected chi connectivity index (χ4v) is 3.01. The summed E-state index contributed by atoms with van der Waals surface area (Å²) >= 11 is 14.5. The zero-order valence-electron chi connectivity index (χ0n) is 10.5. The predicted molar refractivity (Wildman–Crippen MR) is 92.4 cm³/mol. The molecule has 0 bridgehead atoms. The maximum absolute atomic E-state index is 6.29. The molecule has 3 rings (SSSR count). The molecule has 0 radical (unpaired) electrons. The van der Waals surface area contributed by atoms with Crippen LogP contribution in [-0.4, -0.2) is 9.97 Å². The Labute approximate surface area is 140 Å². The van der Waals surface area contributed by atoms with Crippen LogP contribution >= 0.6 is 45.8 Å². The monoisotopic (exact) mass is 414 g/mol. The lowest BCUT2D eigenvalue weighted by Gasteiger charge is -2.08. The lowest BCUT2D eigenvalue weighted by atomic mass is 10.1. The number of rotatable bonds is 1. The molecule has 5 heteroatoms. The average molecular weight is 415 g/mol. The highest BCUT2D eigenvalue weighted by molar-refractivity contribution is 14.1. The van der Waals surface area contributed by atoms with E-state index in [-0.39, 0.29) is 0 Å². The maximum atomic E-state index is 6.29. The predicted octanol–water partition coefficient (Wildman–Crippen LogP) is 5.52. The van der Waals surface area contributed by atoms with Crippen LogP contribution in [0.3, 0.4) is 0 Å². The quantitative estimate of drug-likeness (QED) is 0.387. The van der Waals surface area contributed by atoms with Crippen LogP contribution < -0.4 is 0 Å². The van der Waals surface area contributed by atoms with E-state index in [1.54, 1.807) is 0 Å². The SMILES string of the molecule is Cc1cc(Cl)ccc1-c1nc(Cl)c2cc(I)ccc2n1. The van der Waals surface area contributed by atoms with Crippen molar-refractivity contribution in [1.82, 2.24) is 9.97 Å². The number of aromatic nitrogens is 2. The number of hydrogen-bond acceptors (Lipinski definition) is 2. The Morgan fingerprint density at radius 1 is 1.00 bits per heavy atom. The molecule has 0 aliphatic rings. The van der Waals surface area contributed by atoms with Crippen molar-refractivity contribution >= 4 is 56.7 Å². The fourth-order valence-electron chi connectivity index (χ4n) is 2.06. The molecule has 0 aliphatic heterocycles. The molecule has 0 amide bonds. The van der Waals surface area contributed by atoms with Crippen LogP contribution in [0.5, 0.6) is 0 Å². The molecule has 0 atom stereocenters. The van der Waals surface area contributed by atoms with Gasteiger partial charge in [0.2, 0.25) is 0 Å². The summed E-state index contributed by atoms with van der Waals surface area (Å²) in [5, 5.41) is 2.04. The Kier molecular flexibility index (Phi) is 3.84. The van der Waals surface area contributed by atoms with Crippen molar-refractivity contribution in [1.29, 1.82) is 0 Å². The Bertz CT molecular complexity index is 818. The van der Waals surface area contributed by atoms with Gasteiger partial charge in [-0.15, -0.1) is 0 Å². The van der Waals surface area contributed by atoms with E-state index in [2.05, 4.69) is 32.6 Å². The molecule has 0 aliphatic carbocycles. The van der Waals surface area contributed by atoms with E-state index in [0.29, 0.717) is 16.0 Å². The van der Waals surface area contributed by atoms with Gasteiger partial charge in [-0.25, -0.2) is 9.97 Å². The van der Waals surface area contributed by atoms with Gasteiger partial charge in [0.15, 0.2) is 5.82 Å². The van der Waals surface area contributed by atoms with Gasteiger partial charge >= 0.3 is 0 Å². The second-order valence-electron chi connectivity index (χ2n) is 4.46. The molecule has 2 nitrogen and oxygen atoms in total. The summed E-state index contributed by atoms with van der Waals surface area (Å²) in [6.07, 6.45) is 0. The lowest BCUT2D eigenvalue weighted by molar-refractivity contribution is 1.21. The first-order chi connectivity index (χ1) is 9.54. The zero-order chi connectivity index (χ0) is 14.3. The molecule has 100 valence electrons. The minimum absolute atomic E-state index is 0.470. The molecule has 0 spiro atoms. The number of nitrogens with zero attached hydrogens (tertiary/aromatic N) is 2. The Morgan fingerprint density at radius 2 is 1.80 bits per heavy atom. The van der Waals surface area contributed by atoms with Crippen LogP contribution in [0.15, 0.2) is 36.4 Å². The van der Waals surface area contributed by atoms with Gasteiger partial charge in [0.05, 0.1) is 5.52 Å². The first-order valence-electron chi connectivity index (χ1n) is 5.94. The van der Waals surface area contributed by atoms with Gasteiger partial charge in [0.1, 0.15) is 5.15 Å². The highest BCUT2D eigenvalue weighted by Gasteiger charge is 2.10. The summed E-state index contributed by atoms with van der Waals surface area (Å²) in [4.78, 5) is 9.01. The van der Waals surface area contributed by atoms with E-state index in [0.717, 1.165) is 25.6 Å². The molecule has 1 heterocycles. The van der Waals surface area contributed by atoms with E-state index in [9.17, 15) is 0 Å². The van der Waals surface area contributed by atoms with Crippen LogP contribution in [0.1, 0.15) is 5.56 Å². The Balaban J connectivity index is 2.24. The van der Waals surface area contributed by atoms with Crippen LogP contribution in [0, 0.1) is 10.5 Å². The summed E-state index contributed by atoms with van der Waals surface area (Å²) in [6.45, 7) is 1.98. The standard InChI is InChI=1S/C15H9Cl2IN2/c1-8-6-9(16)2-4-11(8)15-19-13-5-3-10(18)7-12(13)14(17)20-15/h2-7H,1H3. The Morgan fingerprint density at radius 3 is 2.55 bits per heavy atom. The normalized spacial score (nSPS) is 11.0. The first kappa shape index (κ1) is 14.0. The number of fused-ring (bicyclic) bond motifs is 1. The molecule has 0 unspecified atom stereocenters. The van der Waals surface area contributed by atoms with Crippen LogP contribution in [0.25, 0.3) is 22.3 Å². The molecule has 1 aromatic heterocycles. The van der Waals surface area contributed by atoms with Gasteiger partial charge in [-0.1, -0.05) is 23.2 Å². The fraction of sp³-hybridized carbons (Fsp3) is 0.0667. The smallest absolute Gasteiger partial charge is 0.161 e. The van der Waals surface area contributed by atoms with Gasteiger partial charge in [0, 0.05) is 19.5 Å². The summed E-state index contributed by atoms with van der Waals surface area (Å²) in [5.74, 6) is 0.623. The van der Waals surface area contributed by atoms with Crippen LogP contribution in [-0.2, 0) is 0 Å². The highest BCUT2D eigenvalue weighted by Crippen LogP contribution is 2.28. The third-order valence-electron chi connectivity index (χ3n) is 3.04. The van der Waals surface area contributed by atoms with E-state index < -0.39 is 0 Å². The number of benzene rings is 2. The van der Waals surface area contributed by atoms with Crippen molar-refractivity contribution in [2.45, 2.75) is 6.92 Å². The van der Waals surface area contributed by atoms with E-state index in [4.69, 9.17) is 23.2 Å². The Hall–Kier alpha value is -0.910. The number of halogens is 3. The van der Waals surface area contributed by atoms with E-state index in [1.807, 2.05) is 43.3 Å². The minimum atomic E-state index is 0.470. The highest BCUT2D eigenvalue weighted by atomic mass is 127. The molecule has 20 heavy (non-hydrogen) atoms. The van der Waals surface area contributed by atoms with Crippen LogP contribution in [0.4, 0.5) is 0 Å². The molecule has 2 aromatic carbocycles.